The van der Waals surface area contributed by atoms with Crippen LogP contribution in [0.1, 0.15) is 11.3 Å². The molecular formula is C20H16ClN3O2. The lowest BCUT2D eigenvalue weighted by molar-refractivity contribution is 0.559. The van der Waals surface area contributed by atoms with Crippen LogP contribution < -0.4 is 10.9 Å². The molecule has 26 heavy (non-hydrogen) atoms. The first-order valence-electron chi connectivity index (χ1n) is 8.21. The van der Waals surface area contributed by atoms with Gasteiger partial charge in [-0.3, -0.25) is 4.79 Å². The Balaban J connectivity index is 1.52. The van der Waals surface area contributed by atoms with Gasteiger partial charge in [-0.1, -0.05) is 60.1 Å². The average Bonchev–Trinajstić information content (AvgIpc) is 3.09. The number of aromatic nitrogens is 2. The van der Waals surface area contributed by atoms with Gasteiger partial charge < -0.3 is 9.73 Å². The molecule has 0 fully saturated rings. The minimum absolute atomic E-state index is 0.118. The van der Waals surface area contributed by atoms with Crippen molar-refractivity contribution in [3.63, 3.8) is 0 Å². The fourth-order valence-electron chi connectivity index (χ4n) is 2.76. The van der Waals surface area contributed by atoms with Crippen molar-refractivity contribution in [1.82, 2.24) is 9.78 Å². The molecule has 0 bridgehead atoms. The molecule has 0 aliphatic carbocycles. The predicted octanol–water partition coefficient (Wildman–Crippen LogP) is 4.30. The number of hydrogen-bond acceptors (Lipinski definition) is 4. The molecule has 5 nitrogen and oxygen atoms in total. The first-order chi connectivity index (χ1) is 12.7. The number of furan rings is 1. The summed E-state index contributed by atoms with van der Waals surface area (Å²) in [4.78, 5) is 12.5. The van der Waals surface area contributed by atoms with E-state index in [1.165, 1.54) is 4.68 Å². The second-order valence-corrected chi connectivity index (χ2v) is 6.30. The van der Waals surface area contributed by atoms with Crippen LogP contribution in [-0.2, 0) is 13.1 Å². The van der Waals surface area contributed by atoms with Crippen LogP contribution in [0.4, 0.5) is 5.69 Å². The highest BCUT2D eigenvalue weighted by Crippen LogP contribution is 2.21. The number of nitrogens with one attached hydrogen (secondary N) is 1. The lowest BCUT2D eigenvalue weighted by Gasteiger charge is -2.09. The Bertz CT molecular complexity index is 1070. The Morgan fingerprint density at radius 3 is 2.65 bits per heavy atom. The number of fused-ring (bicyclic) bond motifs is 1. The molecule has 2 heterocycles. The number of anilines is 1. The zero-order chi connectivity index (χ0) is 17.9. The largest absolute Gasteiger partial charge is 0.459 e. The molecule has 0 radical (unpaired) electrons. The third-order valence-electron chi connectivity index (χ3n) is 4.09. The van der Waals surface area contributed by atoms with E-state index < -0.39 is 0 Å². The minimum Gasteiger partial charge on any atom is -0.459 e. The maximum absolute atomic E-state index is 12.5. The van der Waals surface area contributed by atoms with Crippen LogP contribution in [0.15, 0.2) is 76.1 Å². The Labute approximate surface area is 154 Å². The van der Waals surface area contributed by atoms with E-state index in [0.717, 1.165) is 22.3 Å². The summed E-state index contributed by atoms with van der Waals surface area (Å²) in [5.41, 5.74) is 1.97. The predicted molar refractivity (Wildman–Crippen MR) is 103 cm³/mol. The van der Waals surface area contributed by atoms with Gasteiger partial charge in [0.05, 0.1) is 25.0 Å². The number of rotatable bonds is 5. The van der Waals surface area contributed by atoms with Gasteiger partial charge in [0.2, 0.25) is 0 Å². The molecule has 6 heteroatoms. The number of nitrogens with zero attached hydrogens (tertiary/aromatic N) is 2. The van der Waals surface area contributed by atoms with Gasteiger partial charge in [-0.05, 0) is 17.7 Å². The number of benzene rings is 2. The van der Waals surface area contributed by atoms with Gasteiger partial charge in [-0.15, -0.1) is 0 Å². The lowest BCUT2D eigenvalue weighted by atomic mass is 10.2. The van der Waals surface area contributed by atoms with Crippen LogP contribution in [0.3, 0.4) is 0 Å². The standard InChI is InChI=1S/C20H16ClN3O2/c21-19-17(22-11-16-10-15-8-4-5-9-18(15)26-16)12-23-24(20(19)25)13-14-6-2-1-3-7-14/h1-10,12,22H,11,13H2. The highest BCUT2D eigenvalue weighted by Gasteiger charge is 2.10. The Kier molecular flexibility index (Phi) is 4.46. The third kappa shape index (κ3) is 3.34. The van der Waals surface area contributed by atoms with Gasteiger partial charge in [-0.2, -0.15) is 5.10 Å². The number of hydrogen-bond donors (Lipinski definition) is 1. The number of para-hydroxylation sites is 1. The molecule has 130 valence electrons. The third-order valence-corrected chi connectivity index (χ3v) is 4.45. The summed E-state index contributed by atoms with van der Waals surface area (Å²) in [6.07, 6.45) is 1.56. The summed E-state index contributed by atoms with van der Waals surface area (Å²) in [6, 6.07) is 19.4. The van der Waals surface area contributed by atoms with Crippen molar-refractivity contribution in [3.05, 3.63) is 93.6 Å². The quantitative estimate of drug-likeness (QED) is 0.572. The zero-order valence-electron chi connectivity index (χ0n) is 13.9. The molecule has 2 aromatic carbocycles. The molecule has 1 N–H and O–H groups in total. The molecule has 0 spiro atoms. The Morgan fingerprint density at radius 2 is 1.85 bits per heavy atom. The summed E-state index contributed by atoms with van der Waals surface area (Å²) < 4.78 is 7.10. The maximum Gasteiger partial charge on any atom is 0.287 e. The molecule has 0 amide bonds. The molecular weight excluding hydrogens is 350 g/mol. The van der Waals surface area contributed by atoms with E-state index >= 15 is 0 Å². The van der Waals surface area contributed by atoms with Crippen LogP contribution >= 0.6 is 11.6 Å². The average molecular weight is 366 g/mol. The van der Waals surface area contributed by atoms with Crippen LogP contribution in [0.5, 0.6) is 0 Å². The molecule has 4 rings (SSSR count). The van der Waals surface area contributed by atoms with E-state index in [9.17, 15) is 4.79 Å². The molecule has 0 aliphatic rings. The highest BCUT2D eigenvalue weighted by molar-refractivity contribution is 6.32. The van der Waals surface area contributed by atoms with Crippen molar-refractivity contribution in [1.29, 1.82) is 0 Å². The minimum atomic E-state index is -0.329. The topological polar surface area (TPSA) is 60.1 Å². The van der Waals surface area contributed by atoms with E-state index in [2.05, 4.69) is 10.4 Å². The van der Waals surface area contributed by atoms with Crippen molar-refractivity contribution in [2.45, 2.75) is 13.1 Å². The van der Waals surface area contributed by atoms with Crippen molar-refractivity contribution < 1.29 is 4.42 Å². The van der Waals surface area contributed by atoms with E-state index in [1.807, 2.05) is 60.7 Å². The van der Waals surface area contributed by atoms with E-state index in [4.69, 9.17) is 16.0 Å². The molecule has 4 aromatic rings. The first-order valence-corrected chi connectivity index (χ1v) is 8.59. The van der Waals surface area contributed by atoms with Crippen LogP contribution in [-0.4, -0.2) is 9.78 Å². The molecule has 0 atom stereocenters. The second kappa shape index (κ2) is 7.06. The van der Waals surface area contributed by atoms with Crippen LogP contribution in [0, 0.1) is 0 Å². The monoisotopic (exact) mass is 365 g/mol. The van der Waals surface area contributed by atoms with Gasteiger partial charge in [0.1, 0.15) is 16.4 Å². The number of halogens is 1. The van der Waals surface area contributed by atoms with Crippen molar-refractivity contribution in [3.8, 4) is 0 Å². The fourth-order valence-corrected chi connectivity index (χ4v) is 2.98. The SMILES string of the molecule is O=c1c(Cl)c(NCc2cc3ccccc3o2)cnn1Cc1ccccc1. The highest BCUT2D eigenvalue weighted by atomic mass is 35.5. The molecule has 0 saturated heterocycles. The van der Waals surface area contributed by atoms with Gasteiger partial charge in [0.25, 0.3) is 5.56 Å². The van der Waals surface area contributed by atoms with Crippen LogP contribution in [0.2, 0.25) is 5.02 Å². The summed E-state index contributed by atoms with van der Waals surface area (Å²) in [5, 5.41) is 8.49. The molecule has 0 saturated carbocycles. The Morgan fingerprint density at radius 1 is 1.08 bits per heavy atom. The summed E-state index contributed by atoms with van der Waals surface area (Å²) >= 11 is 6.24. The first kappa shape index (κ1) is 16.4. The normalized spacial score (nSPS) is 11.0. The lowest BCUT2D eigenvalue weighted by Crippen LogP contribution is -2.24. The van der Waals surface area contributed by atoms with E-state index in [1.54, 1.807) is 6.20 Å². The van der Waals surface area contributed by atoms with Crippen LogP contribution in [0.25, 0.3) is 11.0 Å². The van der Waals surface area contributed by atoms with E-state index in [-0.39, 0.29) is 10.6 Å². The maximum atomic E-state index is 12.5. The van der Waals surface area contributed by atoms with Crippen molar-refractivity contribution in [2.75, 3.05) is 5.32 Å². The molecule has 0 unspecified atom stereocenters. The molecule has 2 aromatic heterocycles. The smallest absolute Gasteiger partial charge is 0.287 e. The summed E-state index contributed by atoms with van der Waals surface area (Å²) in [6.45, 7) is 0.793. The Hall–Kier alpha value is -3.05. The van der Waals surface area contributed by atoms with Gasteiger partial charge >= 0.3 is 0 Å². The van der Waals surface area contributed by atoms with Gasteiger partial charge in [-0.25, -0.2) is 4.68 Å². The molecule has 0 aliphatic heterocycles. The van der Waals surface area contributed by atoms with Gasteiger partial charge in [0.15, 0.2) is 0 Å². The summed E-state index contributed by atoms with van der Waals surface area (Å²) in [5.74, 6) is 0.760. The van der Waals surface area contributed by atoms with Crippen molar-refractivity contribution >= 4 is 28.3 Å². The fraction of sp³-hybridized carbons (Fsp3) is 0.100. The second-order valence-electron chi connectivity index (χ2n) is 5.92. The zero-order valence-corrected chi connectivity index (χ0v) is 14.6. The van der Waals surface area contributed by atoms with E-state index in [0.29, 0.717) is 18.8 Å². The van der Waals surface area contributed by atoms with Crippen molar-refractivity contribution in [2.24, 2.45) is 0 Å². The summed E-state index contributed by atoms with van der Waals surface area (Å²) in [7, 11) is 0. The van der Waals surface area contributed by atoms with Gasteiger partial charge in [0, 0.05) is 5.39 Å².